The molecule has 0 aliphatic rings. The molecule has 0 spiro atoms. The van der Waals surface area contributed by atoms with Gasteiger partial charge in [-0.15, -0.1) is 10.2 Å². The highest BCUT2D eigenvalue weighted by molar-refractivity contribution is 9.10. The van der Waals surface area contributed by atoms with E-state index < -0.39 is 0 Å². The summed E-state index contributed by atoms with van der Waals surface area (Å²) >= 11 is 3.49. The van der Waals surface area contributed by atoms with Crippen LogP contribution in [0.1, 0.15) is 24.8 Å². The number of benzene rings is 2. The highest BCUT2D eigenvalue weighted by atomic mass is 79.9. The minimum absolute atomic E-state index is 0.580. The Bertz CT molecular complexity index is 1000. The Hall–Kier alpha value is -2.40. The van der Waals surface area contributed by atoms with E-state index in [2.05, 4.69) is 86.1 Å². The van der Waals surface area contributed by atoms with Crippen LogP contribution >= 0.6 is 15.9 Å². The van der Waals surface area contributed by atoms with Gasteiger partial charge in [0.05, 0.1) is 0 Å². The van der Waals surface area contributed by atoms with E-state index in [0.29, 0.717) is 11.8 Å². The Balaban J connectivity index is 1.81. The molecule has 25 heavy (non-hydrogen) atoms. The summed E-state index contributed by atoms with van der Waals surface area (Å²) < 4.78 is 9.20. The molecule has 0 radical (unpaired) electrons. The van der Waals surface area contributed by atoms with Crippen molar-refractivity contribution in [2.75, 3.05) is 0 Å². The van der Waals surface area contributed by atoms with Crippen molar-refractivity contribution in [3.63, 3.8) is 0 Å². The van der Waals surface area contributed by atoms with Crippen LogP contribution in [0.25, 0.3) is 22.5 Å². The van der Waals surface area contributed by atoms with Crippen LogP contribution in [-0.2, 0) is 13.0 Å². The zero-order chi connectivity index (χ0) is 17.2. The van der Waals surface area contributed by atoms with Crippen molar-refractivity contribution in [3.8, 4) is 11.6 Å². The van der Waals surface area contributed by atoms with Gasteiger partial charge in [0.2, 0.25) is 5.89 Å². The van der Waals surface area contributed by atoms with Crippen molar-refractivity contribution >= 4 is 26.8 Å². The quantitative estimate of drug-likeness (QED) is 0.450. The monoisotopic (exact) mass is 395 g/mol. The normalized spacial score (nSPS) is 11.3. The smallest absolute Gasteiger partial charge is 0.264 e. The van der Waals surface area contributed by atoms with Crippen LogP contribution < -0.4 is 0 Å². The first kappa shape index (κ1) is 16.1. The molecule has 2 heterocycles. The van der Waals surface area contributed by atoms with E-state index in [4.69, 9.17) is 4.42 Å². The largest absolute Gasteiger partial charge is 0.419 e. The van der Waals surface area contributed by atoms with Crippen molar-refractivity contribution in [2.45, 2.75) is 26.3 Å². The van der Waals surface area contributed by atoms with Gasteiger partial charge < -0.3 is 8.98 Å². The molecular weight excluding hydrogens is 378 g/mol. The van der Waals surface area contributed by atoms with Crippen molar-refractivity contribution in [3.05, 3.63) is 70.5 Å². The number of hydrogen-bond acceptors (Lipinski definition) is 3. The molecule has 2 aromatic heterocycles. The molecule has 4 nitrogen and oxygen atoms in total. The average molecular weight is 396 g/mol. The van der Waals surface area contributed by atoms with Crippen molar-refractivity contribution < 1.29 is 4.42 Å². The molecule has 4 aromatic rings. The van der Waals surface area contributed by atoms with Crippen molar-refractivity contribution in [2.24, 2.45) is 0 Å². The molecule has 0 saturated carbocycles. The Morgan fingerprint density at radius 3 is 2.64 bits per heavy atom. The van der Waals surface area contributed by atoms with E-state index in [0.717, 1.165) is 35.1 Å². The van der Waals surface area contributed by atoms with E-state index in [1.807, 2.05) is 6.07 Å². The predicted molar refractivity (Wildman–Crippen MR) is 102 cm³/mol. The molecule has 0 N–H and O–H groups in total. The van der Waals surface area contributed by atoms with Gasteiger partial charge in [0.25, 0.3) is 5.89 Å². The maximum Gasteiger partial charge on any atom is 0.264 e. The fourth-order valence-electron chi connectivity index (χ4n) is 3.00. The van der Waals surface area contributed by atoms with E-state index in [1.54, 1.807) is 0 Å². The molecule has 4 rings (SSSR count). The number of nitrogens with zero attached hydrogens (tertiary/aromatic N) is 3. The van der Waals surface area contributed by atoms with Gasteiger partial charge in [0.1, 0.15) is 5.69 Å². The number of aromatic nitrogens is 3. The summed E-state index contributed by atoms with van der Waals surface area (Å²) in [6.45, 7) is 2.86. The topological polar surface area (TPSA) is 43.9 Å². The van der Waals surface area contributed by atoms with Gasteiger partial charge in [-0.1, -0.05) is 53.2 Å². The number of para-hydroxylation sites is 1. The lowest BCUT2D eigenvalue weighted by molar-refractivity contribution is 0.498. The van der Waals surface area contributed by atoms with Crippen LogP contribution in [0.5, 0.6) is 0 Å². The Kier molecular flexibility index (Phi) is 4.40. The molecular formula is C20H18BrN3O. The first-order valence-corrected chi connectivity index (χ1v) is 9.19. The van der Waals surface area contributed by atoms with E-state index in [1.165, 1.54) is 10.9 Å². The zero-order valence-corrected chi connectivity index (χ0v) is 15.5. The summed E-state index contributed by atoms with van der Waals surface area (Å²) in [6.07, 6.45) is 1.80. The van der Waals surface area contributed by atoms with Crippen LogP contribution in [0.15, 0.2) is 63.5 Å². The SMILES string of the molecule is CCCc1nnc(-c2cc3ccccc3n2Cc2ccc(Br)cc2)o1. The lowest BCUT2D eigenvalue weighted by atomic mass is 10.2. The van der Waals surface area contributed by atoms with Gasteiger partial charge in [0, 0.05) is 28.3 Å². The molecule has 5 heteroatoms. The minimum Gasteiger partial charge on any atom is -0.419 e. The minimum atomic E-state index is 0.580. The molecule has 2 aromatic carbocycles. The summed E-state index contributed by atoms with van der Waals surface area (Å²) in [5.41, 5.74) is 3.34. The third-order valence-electron chi connectivity index (χ3n) is 4.21. The van der Waals surface area contributed by atoms with Crippen molar-refractivity contribution in [1.82, 2.24) is 14.8 Å². The van der Waals surface area contributed by atoms with Gasteiger partial charge >= 0.3 is 0 Å². The van der Waals surface area contributed by atoms with Crippen LogP contribution in [0.3, 0.4) is 0 Å². The number of rotatable bonds is 5. The van der Waals surface area contributed by atoms with Crippen molar-refractivity contribution in [1.29, 1.82) is 0 Å². The Morgan fingerprint density at radius 1 is 1.04 bits per heavy atom. The second kappa shape index (κ2) is 6.84. The fourth-order valence-corrected chi connectivity index (χ4v) is 3.27. The van der Waals surface area contributed by atoms with Crippen LogP contribution in [-0.4, -0.2) is 14.8 Å². The fraction of sp³-hybridized carbons (Fsp3) is 0.200. The lowest BCUT2D eigenvalue weighted by Gasteiger charge is -2.09. The highest BCUT2D eigenvalue weighted by Gasteiger charge is 2.16. The standard InChI is InChI=1S/C20H18BrN3O/c1-2-5-19-22-23-20(25-19)18-12-15-6-3-4-7-17(15)24(18)13-14-8-10-16(21)11-9-14/h3-4,6-12H,2,5,13H2,1H3. The zero-order valence-electron chi connectivity index (χ0n) is 13.9. The Labute approximate surface area is 154 Å². The molecule has 0 atom stereocenters. The summed E-state index contributed by atoms with van der Waals surface area (Å²) in [6, 6.07) is 18.8. The molecule has 0 aliphatic carbocycles. The molecule has 0 unspecified atom stereocenters. The second-order valence-corrected chi connectivity index (χ2v) is 6.97. The maximum atomic E-state index is 5.89. The molecule has 0 amide bonds. The summed E-state index contributed by atoms with van der Waals surface area (Å²) in [7, 11) is 0. The van der Waals surface area contributed by atoms with Crippen LogP contribution in [0, 0.1) is 0 Å². The van der Waals surface area contributed by atoms with E-state index >= 15 is 0 Å². The number of aryl methyl sites for hydroxylation is 1. The van der Waals surface area contributed by atoms with Gasteiger partial charge in [-0.2, -0.15) is 0 Å². The first-order chi connectivity index (χ1) is 12.2. The number of hydrogen-bond donors (Lipinski definition) is 0. The Morgan fingerprint density at radius 2 is 1.84 bits per heavy atom. The lowest BCUT2D eigenvalue weighted by Crippen LogP contribution is -2.01. The molecule has 126 valence electrons. The van der Waals surface area contributed by atoms with Crippen LogP contribution in [0.4, 0.5) is 0 Å². The summed E-state index contributed by atoms with van der Waals surface area (Å²) in [4.78, 5) is 0. The average Bonchev–Trinajstić information content (AvgIpc) is 3.22. The maximum absolute atomic E-state index is 5.89. The molecule has 0 bridgehead atoms. The second-order valence-electron chi connectivity index (χ2n) is 6.05. The van der Waals surface area contributed by atoms with Gasteiger partial charge in [0.15, 0.2) is 0 Å². The van der Waals surface area contributed by atoms with Gasteiger partial charge in [-0.05, 0) is 36.2 Å². The van der Waals surface area contributed by atoms with Gasteiger partial charge in [-0.3, -0.25) is 0 Å². The summed E-state index contributed by atoms with van der Waals surface area (Å²) in [5.74, 6) is 1.27. The molecule has 0 saturated heterocycles. The van der Waals surface area contributed by atoms with E-state index in [-0.39, 0.29) is 0 Å². The third-order valence-corrected chi connectivity index (χ3v) is 4.74. The van der Waals surface area contributed by atoms with Crippen LogP contribution in [0.2, 0.25) is 0 Å². The first-order valence-electron chi connectivity index (χ1n) is 8.40. The third kappa shape index (κ3) is 3.24. The predicted octanol–water partition coefficient (Wildman–Crippen LogP) is 5.45. The molecule has 0 fully saturated rings. The summed E-state index contributed by atoms with van der Waals surface area (Å²) in [5, 5.41) is 9.62. The number of fused-ring (bicyclic) bond motifs is 1. The van der Waals surface area contributed by atoms with Gasteiger partial charge in [-0.25, -0.2) is 0 Å². The number of halogens is 1. The van der Waals surface area contributed by atoms with E-state index in [9.17, 15) is 0 Å². The highest BCUT2D eigenvalue weighted by Crippen LogP contribution is 2.29. The molecule has 0 aliphatic heterocycles.